The SMILES string of the molecule is COc1ccccc1NC(=O)c1cc(C)c(C)c(S(=O)(=O)N(C)C)c1. The van der Waals surface area contributed by atoms with E-state index >= 15 is 0 Å². The highest BCUT2D eigenvalue weighted by Crippen LogP contribution is 2.26. The van der Waals surface area contributed by atoms with Gasteiger partial charge in [-0.05, 0) is 49.2 Å². The molecule has 0 unspecified atom stereocenters. The van der Waals surface area contributed by atoms with Gasteiger partial charge in [-0.25, -0.2) is 12.7 Å². The Balaban J connectivity index is 2.46. The van der Waals surface area contributed by atoms with Crippen LogP contribution in [0.15, 0.2) is 41.3 Å². The Hall–Kier alpha value is -2.38. The standard InChI is InChI=1S/C18H22N2O4S/c1-12-10-14(11-17(13(12)2)25(22,23)20(3)4)18(21)19-15-8-6-7-9-16(15)24-5/h6-11H,1-5H3,(H,19,21). The van der Waals surface area contributed by atoms with Gasteiger partial charge in [0.15, 0.2) is 0 Å². The van der Waals surface area contributed by atoms with Crippen LogP contribution in [0.5, 0.6) is 5.75 Å². The van der Waals surface area contributed by atoms with Crippen LogP contribution in [-0.2, 0) is 10.0 Å². The Labute approximate surface area is 148 Å². The Kier molecular flexibility index (Phi) is 5.49. The molecular weight excluding hydrogens is 340 g/mol. The first-order chi connectivity index (χ1) is 11.7. The molecule has 1 amide bonds. The molecule has 0 atom stereocenters. The lowest BCUT2D eigenvalue weighted by Crippen LogP contribution is -2.24. The van der Waals surface area contributed by atoms with E-state index < -0.39 is 15.9 Å². The van der Waals surface area contributed by atoms with E-state index in [0.29, 0.717) is 17.0 Å². The molecule has 6 nitrogen and oxygen atoms in total. The van der Waals surface area contributed by atoms with Crippen molar-refractivity contribution in [3.63, 3.8) is 0 Å². The van der Waals surface area contributed by atoms with Gasteiger partial charge in [0.1, 0.15) is 5.75 Å². The molecule has 0 aliphatic rings. The molecule has 2 aromatic carbocycles. The number of nitrogens with one attached hydrogen (secondary N) is 1. The summed E-state index contributed by atoms with van der Waals surface area (Å²) < 4.78 is 31.4. The number of benzene rings is 2. The minimum Gasteiger partial charge on any atom is -0.495 e. The number of carbonyl (C=O) groups excluding carboxylic acids is 1. The summed E-state index contributed by atoms with van der Waals surface area (Å²) in [7, 11) is 0.801. The van der Waals surface area contributed by atoms with Gasteiger partial charge in [0.25, 0.3) is 5.91 Å². The molecule has 0 fully saturated rings. The molecule has 2 aromatic rings. The van der Waals surface area contributed by atoms with E-state index in [2.05, 4.69) is 5.32 Å². The minimum atomic E-state index is -3.64. The summed E-state index contributed by atoms with van der Waals surface area (Å²) in [4.78, 5) is 12.7. The minimum absolute atomic E-state index is 0.127. The number of ether oxygens (including phenoxy) is 1. The molecule has 0 spiro atoms. The molecule has 25 heavy (non-hydrogen) atoms. The number of carbonyl (C=O) groups is 1. The van der Waals surface area contributed by atoms with Gasteiger partial charge in [-0.15, -0.1) is 0 Å². The Morgan fingerprint density at radius 3 is 2.36 bits per heavy atom. The average Bonchev–Trinajstić information content (AvgIpc) is 2.57. The predicted octanol–water partition coefficient (Wildman–Crippen LogP) is 2.81. The number of amides is 1. The average molecular weight is 362 g/mol. The highest BCUT2D eigenvalue weighted by Gasteiger charge is 2.23. The van der Waals surface area contributed by atoms with E-state index in [0.717, 1.165) is 9.87 Å². The van der Waals surface area contributed by atoms with E-state index in [1.165, 1.54) is 27.3 Å². The highest BCUT2D eigenvalue weighted by atomic mass is 32.2. The third-order valence-electron chi connectivity index (χ3n) is 4.00. The molecule has 0 aliphatic carbocycles. The van der Waals surface area contributed by atoms with Crippen molar-refractivity contribution in [1.29, 1.82) is 0 Å². The van der Waals surface area contributed by atoms with Crippen molar-refractivity contribution >= 4 is 21.6 Å². The summed E-state index contributed by atoms with van der Waals surface area (Å²) in [5.41, 5.74) is 2.15. The van der Waals surface area contributed by atoms with E-state index in [-0.39, 0.29) is 10.5 Å². The second-order valence-corrected chi connectivity index (χ2v) is 7.98. The van der Waals surface area contributed by atoms with Crippen molar-refractivity contribution in [3.05, 3.63) is 53.1 Å². The van der Waals surface area contributed by atoms with Crippen LogP contribution in [0, 0.1) is 13.8 Å². The van der Waals surface area contributed by atoms with E-state index in [1.54, 1.807) is 44.2 Å². The number of sulfonamides is 1. The van der Waals surface area contributed by atoms with Crippen molar-refractivity contribution in [1.82, 2.24) is 4.31 Å². The van der Waals surface area contributed by atoms with Crippen LogP contribution < -0.4 is 10.1 Å². The fourth-order valence-corrected chi connectivity index (χ4v) is 3.58. The van der Waals surface area contributed by atoms with Gasteiger partial charge in [0, 0.05) is 19.7 Å². The van der Waals surface area contributed by atoms with E-state index in [1.807, 2.05) is 0 Å². The number of nitrogens with zero attached hydrogens (tertiary/aromatic N) is 1. The molecule has 2 rings (SSSR count). The van der Waals surface area contributed by atoms with Crippen LogP contribution in [0.4, 0.5) is 5.69 Å². The van der Waals surface area contributed by atoms with Crippen molar-refractivity contribution < 1.29 is 17.9 Å². The van der Waals surface area contributed by atoms with E-state index in [4.69, 9.17) is 4.74 Å². The maximum absolute atomic E-state index is 12.6. The Morgan fingerprint density at radius 2 is 1.76 bits per heavy atom. The van der Waals surface area contributed by atoms with Gasteiger partial charge >= 0.3 is 0 Å². The van der Waals surface area contributed by atoms with Crippen molar-refractivity contribution in [3.8, 4) is 5.75 Å². The van der Waals surface area contributed by atoms with Crippen LogP contribution in [0.1, 0.15) is 21.5 Å². The van der Waals surface area contributed by atoms with E-state index in [9.17, 15) is 13.2 Å². The molecule has 1 N–H and O–H groups in total. The molecule has 134 valence electrons. The molecule has 0 heterocycles. The normalized spacial score (nSPS) is 11.4. The topological polar surface area (TPSA) is 75.7 Å². The molecule has 7 heteroatoms. The number of methoxy groups -OCH3 is 1. The van der Waals surface area contributed by atoms with Crippen LogP contribution in [0.25, 0.3) is 0 Å². The first kappa shape index (κ1) is 19.0. The van der Waals surface area contributed by atoms with Crippen LogP contribution in [0.2, 0.25) is 0 Å². The van der Waals surface area contributed by atoms with Crippen molar-refractivity contribution in [2.45, 2.75) is 18.7 Å². The van der Waals surface area contributed by atoms with Gasteiger partial charge in [-0.3, -0.25) is 4.79 Å². The molecule has 0 saturated heterocycles. The number of aryl methyl sites for hydroxylation is 1. The lowest BCUT2D eigenvalue weighted by atomic mass is 10.1. The maximum atomic E-state index is 12.6. The van der Waals surface area contributed by atoms with Crippen molar-refractivity contribution in [2.24, 2.45) is 0 Å². The lowest BCUT2D eigenvalue weighted by molar-refractivity contribution is 0.102. The highest BCUT2D eigenvalue weighted by molar-refractivity contribution is 7.89. The zero-order valence-corrected chi connectivity index (χ0v) is 15.8. The molecule has 0 radical (unpaired) electrons. The first-order valence-corrected chi connectivity index (χ1v) is 9.10. The number of hydrogen-bond donors (Lipinski definition) is 1. The van der Waals surface area contributed by atoms with Gasteiger partial charge in [-0.1, -0.05) is 12.1 Å². The molecular formula is C18H22N2O4S. The second-order valence-electron chi connectivity index (χ2n) is 5.86. The number of para-hydroxylation sites is 2. The molecule has 0 saturated carbocycles. The van der Waals surface area contributed by atoms with Crippen LogP contribution in [-0.4, -0.2) is 39.8 Å². The predicted molar refractivity (Wildman–Crippen MR) is 97.7 cm³/mol. The van der Waals surface area contributed by atoms with Gasteiger partial charge in [0.2, 0.25) is 10.0 Å². The Bertz CT molecular complexity index is 905. The maximum Gasteiger partial charge on any atom is 0.255 e. The fourth-order valence-electron chi connectivity index (χ4n) is 2.37. The second kappa shape index (κ2) is 7.25. The van der Waals surface area contributed by atoms with Crippen LogP contribution >= 0.6 is 0 Å². The number of rotatable bonds is 5. The third kappa shape index (κ3) is 3.83. The van der Waals surface area contributed by atoms with Gasteiger partial charge < -0.3 is 10.1 Å². The smallest absolute Gasteiger partial charge is 0.255 e. The summed E-state index contributed by atoms with van der Waals surface area (Å²) in [6.07, 6.45) is 0. The molecule has 0 bridgehead atoms. The third-order valence-corrected chi connectivity index (χ3v) is 5.94. The molecule has 0 aliphatic heterocycles. The summed E-state index contributed by atoms with van der Waals surface area (Å²) in [5, 5.41) is 2.76. The van der Waals surface area contributed by atoms with Crippen LogP contribution in [0.3, 0.4) is 0 Å². The summed E-state index contributed by atoms with van der Waals surface area (Å²) in [6.45, 7) is 3.51. The number of anilines is 1. The lowest BCUT2D eigenvalue weighted by Gasteiger charge is -2.17. The molecule has 0 aromatic heterocycles. The zero-order chi connectivity index (χ0) is 18.8. The van der Waals surface area contributed by atoms with Gasteiger partial charge in [-0.2, -0.15) is 0 Å². The summed E-state index contributed by atoms with van der Waals surface area (Å²) in [6, 6.07) is 10.1. The monoisotopic (exact) mass is 362 g/mol. The summed E-state index contributed by atoms with van der Waals surface area (Å²) in [5.74, 6) is 0.128. The quantitative estimate of drug-likeness (QED) is 0.887. The van der Waals surface area contributed by atoms with Crippen molar-refractivity contribution in [2.75, 3.05) is 26.5 Å². The number of hydrogen-bond acceptors (Lipinski definition) is 4. The largest absolute Gasteiger partial charge is 0.495 e. The fraction of sp³-hybridized carbons (Fsp3) is 0.278. The first-order valence-electron chi connectivity index (χ1n) is 7.66. The summed E-state index contributed by atoms with van der Waals surface area (Å²) >= 11 is 0. The van der Waals surface area contributed by atoms with Gasteiger partial charge in [0.05, 0.1) is 17.7 Å². The Morgan fingerprint density at radius 1 is 1.12 bits per heavy atom. The zero-order valence-electron chi connectivity index (χ0n) is 15.0.